The van der Waals surface area contributed by atoms with Crippen molar-refractivity contribution in [1.82, 2.24) is 19.5 Å². The molecular formula is C27H17BrN4. The first kappa shape index (κ1) is 18.9. The van der Waals surface area contributed by atoms with Crippen LogP contribution in [0.2, 0.25) is 0 Å². The molecule has 32 heavy (non-hydrogen) atoms. The van der Waals surface area contributed by atoms with Crippen LogP contribution in [0.15, 0.2) is 108 Å². The Morgan fingerprint density at radius 2 is 1.19 bits per heavy atom. The largest absolute Gasteiger partial charge is 0.309 e. The van der Waals surface area contributed by atoms with E-state index in [0.717, 1.165) is 44.0 Å². The lowest BCUT2D eigenvalue weighted by atomic mass is 10.1. The molecule has 5 heteroatoms. The van der Waals surface area contributed by atoms with E-state index in [9.17, 15) is 0 Å². The molecule has 0 atom stereocenters. The molecule has 0 aliphatic rings. The highest BCUT2D eigenvalue weighted by Crippen LogP contribution is 2.35. The van der Waals surface area contributed by atoms with Crippen LogP contribution in [0.3, 0.4) is 0 Å². The van der Waals surface area contributed by atoms with Crippen molar-refractivity contribution in [2.75, 3.05) is 0 Å². The molecule has 0 aliphatic carbocycles. The monoisotopic (exact) mass is 476 g/mol. The molecule has 4 aromatic heterocycles. The van der Waals surface area contributed by atoms with E-state index in [1.807, 2.05) is 36.4 Å². The van der Waals surface area contributed by atoms with E-state index in [1.54, 1.807) is 12.4 Å². The molecule has 0 aliphatic heterocycles. The first-order chi connectivity index (χ1) is 15.8. The van der Waals surface area contributed by atoms with Gasteiger partial charge in [-0.2, -0.15) is 0 Å². The maximum absolute atomic E-state index is 4.91. The van der Waals surface area contributed by atoms with Gasteiger partial charge in [0.1, 0.15) is 0 Å². The number of benzene rings is 2. The second-order valence-corrected chi connectivity index (χ2v) is 8.46. The molecule has 0 saturated carbocycles. The minimum absolute atomic E-state index is 0.812. The van der Waals surface area contributed by atoms with Gasteiger partial charge in [-0.3, -0.25) is 9.97 Å². The van der Waals surface area contributed by atoms with Crippen LogP contribution in [0.1, 0.15) is 0 Å². The van der Waals surface area contributed by atoms with Gasteiger partial charge in [0.25, 0.3) is 0 Å². The summed E-state index contributed by atoms with van der Waals surface area (Å²) in [5.74, 6) is 0. The summed E-state index contributed by atoms with van der Waals surface area (Å²) in [5, 5.41) is 2.41. The van der Waals surface area contributed by atoms with Gasteiger partial charge in [0.05, 0.1) is 39.5 Å². The molecule has 6 rings (SSSR count). The first-order valence-corrected chi connectivity index (χ1v) is 11.1. The molecule has 6 aromatic rings. The maximum atomic E-state index is 4.91. The Morgan fingerprint density at radius 3 is 1.84 bits per heavy atom. The van der Waals surface area contributed by atoms with Crippen molar-refractivity contribution in [3.05, 3.63) is 108 Å². The molecular weight excluding hydrogens is 460 g/mol. The number of hydrogen-bond acceptors (Lipinski definition) is 3. The topological polar surface area (TPSA) is 43.6 Å². The van der Waals surface area contributed by atoms with Crippen molar-refractivity contribution in [1.29, 1.82) is 0 Å². The molecule has 0 unspecified atom stereocenters. The average Bonchev–Trinajstić information content (AvgIpc) is 3.18. The fraction of sp³-hybridized carbons (Fsp3) is 0. The Balaban J connectivity index is 1.70. The van der Waals surface area contributed by atoms with Gasteiger partial charge >= 0.3 is 0 Å². The van der Waals surface area contributed by atoms with Crippen molar-refractivity contribution in [3.8, 4) is 28.5 Å². The summed E-state index contributed by atoms with van der Waals surface area (Å²) in [5.41, 5.74) is 6.59. The van der Waals surface area contributed by atoms with E-state index >= 15 is 0 Å². The number of aromatic nitrogens is 4. The molecule has 0 radical (unpaired) electrons. The van der Waals surface area contributed by atoms with Gasteiger partial charge < -0.3 is 4.57 Å². The fourth-order valence-corrected chi connectivity index (χ4v) is 4.52. The van der Waals surface area contributed by atoms with Crippen molar-refractivity contribution in [2.24, 2.45) is 0 Å². The van der Waals surface area contributed by atoms with Gasteiger partial charge in [0.15, 0.2) is 0 Å². The lowest BCUT2D eigenvalue weighted by molar-refractivity contribution is 1.14. The third-order valence-electron chi connectivity index (χ3n) is 5.56. The SMILES string of the molecule is Brc1ccc2c(c1)c1ccccc1n2-c1cc(-c2ccccn2)nc(-c2ccccn2)c1. The van der Waals surface area contributed by atoms with Crippen LogP contribution in [0, 0.1) is 0 Å². The Labute approximate surface area is 193 Å². The van der Waals surface area contributed by atoms with Crippen LogP contribution in [-0.2, 0) is 0 Å². The van der Waals surface area contributed by atoms with Gasteiger partial charge in [0, 0.05) is 27.6 Å². The van der Waals surface area contributed by atoms with Crippen LogP contribution >= 0.6 is 15.9 Å². The van der Waals surface area contributed by atoms with Crippen molar-refractivity contribution in [3.63, 3.8) is 0 Å². The zero-order valence-corrected chi connectivity index (χ0v) is 18.6. The molecule has 0 N–H and O–H groups in total. The number of halogens is 1. The van der Waals surface area contributed by atoms with Gasteiger partial charge in [-0.25, -0.2) is 4.98 Å². The minimum atomic E-state index is 0.812. The summed E-state index contributed by atoms with van der Waals surface area (Å²) < 4.78 is 3.35. The summed E-state index contributed by atoms with van der Waals surface area (Å²) in [7, 11) is 0. The zero-order valence-electron chi connectivity index (χ0n) is 17.0. The summed E-state index contributed by atoms with van der Waals surface area (Å²) >= 11 is 3.63. The zero-order chi connectivity index (χ0) is 21.5. The van der Waals surface area contributed by atoms with Crippen LogP contribution in [-0.4, -0.2) is 19.5 Å². The van der Waals surface area contributed by atoms with Gasteiger partial charge in [0.2, 0.25) is 0 Å². The van der Waals surface area contributed by atoms with E-state index in [4.69, 9.17) is 4.98 Å². The van der Waals surface area contributed by atoms with Crippen LogP contribution in [0.5, 0.6) is 0 Å². The van der Waals surface area contributed by atoms with Crippen molar-refractivity contribution < 1.29 is 0 Å². The number of para-hydroxylation sites is 1. The summed E-state index contributed by atoms with van der Waals surface area (Å²) in [4.78, 5) is 14.0. The number of fused-ring (bicyclic) bond motifs is 3. The summed E-state index contributed by atoms with van der Waals surface area (Å²) in [6.07, 6.45) is 3.59. The standard InChI is InChI=1S/C27H17BrN4/c28-18-11-12-27-21(15-18)20-7-1-2-10-26(20)32(27)19-16-24(22-8-3-5-13-29-22)31-25(17-19)23-9-4-6-14-30-23/h1-17H. The molecule has 0 bridgehead atoms. The van der Waals surface area contributed by atoms with E-state index < -0.39 is 0 Å². The number of hydrogen-bond donors (Lipinski definition) is 0. The summed E-state index contributed by atoms with van der Waals surface area (Å²) in [6.45, 7) is 0. The molecule has 0 spiro atoms. The maximum Gasteiger partial charge on any atom is 0.0915 e. The Hall–Kier alpha value is -3.83. The highest BCUT2D eigenvalue weighted by molar-refractivity contribution is 9.10. The molecule has 0 amide bonds. The van der Waals surface area contributed by atoms with E-state index in [-0.39, 0.29) is 0 Å². The van der Waals surface area contributed by atoms with Crippen molar-refractivity contribution >= 4 is 37.7 Å². The highest BCUT2D eigenvalue weighted by atomic mass is 79.9. The number of rotatable bonds is 3. The van der Waals surface area contributed by atoms with Crippen LogP contribution in [0.4, 0.5) is 0 Å². The van der Waals surface area contributed by atoms with Gasteiger partial charge in [-0.05, 0) is 60.7 Å². The van der Waals surface area contributed by atoms with E-state index in [1.165, 1.54) is 10.8 Å². The van der Waals surface area contributed by atoms with E-state index in [2.05, 4.69) is 85.1 Å². The number of nitrogens with zero attached hydrogens (tertiary/aromatic N) is 4. The minimum Gasteiger partial charge on any atom is -0.309 e. The second-order valence-electron chi connectivity index (χ2n) is 7.54. The second kappa shape index (κ2) is 7.70. The van der Waals surface area contributed by atoms with E-state index in [0.29, 0.717) is 0 Å². The lowest BCUT2D eigenvalue weighted by Gasteiger charge is -2.12. The predicted molar refractivity (Wildman–Crippen MR) is 133 cm³/mol. The smallest absolute Gasteiger partial charge is 0.0915 e. The van der Waals surface area contributed by atoms with Crippen LogP contribution in [0.25, 0.3) is 50.3 Å². The van der Waals surface area contributed by atoms with Gasteiger partial charge in [-0.15, -0.1) is 0 Å². The predicted octanol–water partition coefficient (Wildman–Crippen LogP) is 7.07. The quantitative estimate of drug-likeness (QED) is 0.274. The Kier molecular flexibility index (Phi) is 4.55. The number of pyridine rings is 3. The molecule has 4 heterocycles. The third-order valence-corrected chi connectivity index (χ3v) is 6.05. The van der Waals surface area contributed by atoms with Crippen molar-refractivity contribution in [2.45, 2.75) is 0 Å². The fourth-order valence-electron chi connectivity index (χ4n) is 4.16. The van der Waals surface area contributed by atoms with Gasteiger partial charge in [-0.1, -0.05) is 46.3 Å². The summed E-state index contributed by atoms with van der Waals surface area (Å²) in [6, 6.07) is 30.9. The first-order valence-electron chi connectivity index (χ1n) is 10.3. The normalized spacial score (nSPS) is 11.3. The Bertz CT molecular complexity index is 1520. The third kappa shape index (κ3) is 3.18. The molecule has 0 fully saturated rings. The average molecular weight is 477 g/mol. The molecule has 0 saturated heterocycles. The van der Waals surface area contributed by atoms with Crippen LogP contribution < -0.4 is 0 Å². The molecule has 4 nitrogen and oxygen atoms in total. The highest BCUT2D eigenvalue weighted by Gasteiger charge is 2.15. The lowest BCUT2D eigenvalue weighted by Crippen LogP contribution is -1.99. The molecule has 2 aromatic carbocycles. The molecule has 152 valence electrons. The Morgan fingerprint density at radius 1 is 0.562 bits per heavy atom.